The van der Waals surface area contributed by atoms with E-state index in [1.165, 1.54) is 30.3 Å². The monoisotopic (exact) mass is 471 g/mol. The predicted molar refractivity (Wildman–Crippen MR) is 111 cm³/mol. The van der Waals surface area contributed by atoms with Crippen molar-refractivity contribution in [3.8, 4) is 0 Å². The number of rotatable bonds is 6. The third-order valence-electron chi connectivity index (χ3n) is 4.46. The molecule has 0 radical (unpaired) electrons. The van der Waals surface area contributed by atoms with Gasteiger partial charge in [0.05, 0.1) is 26.9 Å². The van der Waals surface area contributed by atoms with E-state index >= 15 is 0 Å². The molecular weight excluding hydrogens is 454 g/mol. The normalized spacial score (nSPS) is 15.9. The van der Waals surface area contributed by atoms with Crippen LogP contribution in [0.2, 0.25) is 5.02 Å². The summed E-state index contributed by atoms with van der Waals surface area (Å²) in [5, 5.41) is 7.82. The Morgan fingerprint density at radius 3 is 2.40 bits per heavy atom. The number of carbonyl (C=O) groups is 2. The summed E-state index contributed by atoms with van der Waals surface area (Å²) in [5.41, 5.74) is 0.871. The second-order valence-electron chi connectivity index (χ2n) is 6.58. The summed E-state index contributed by atoms with van der Waals surface area (Å²) in [6.45, 7) is 0.217. The molecule has 12 heteroatoms. The smallest absolute Gasteiger partial charge is 0.252 e. The quantitative estimate of drug-likeness (QED) is 0.643. The second-order valence-corrected chi connectivity index (χ2v) is 10.5. The Hall–Kier alpha value is -2.47. The number of carbonyl (C=O) groups excluding carboxylic acids is 2. The lowest BCUT2D eigenvalue weighted by atomic mass is 10.1. The zero-order valence-electron chi connectivity index (χ0n) is 15.5. The number of nitrogens with two attached hydrogens (primary N) is 1. The first-order chi connectivity index (χ1) is 14.0. The van der Waals surface area contributed by atoms with Crippen molar-refractivity contribution < 1.29 is 26.4 Å². The number of hydrogen-bond acceptors (Lipinski definition) is 6. The highest BCUT2D eigenvalue weighted by molar-refractivity contribution is 7.94. The molecule has 3 N–H and O–H groups in total. The summed E-state index contributed by atoms with van der Waals surface area (Å²) in [7, 11) is -7.53. The summed E-state index contributed by atoms with van der Waals surface area (Å²) >= 11 is 6.08. The van der Waals surface area contributed by atoms with Crippen LogP contribution in [0, 0.1) is 0 Å². The molecule has 0 aromatic heterocycles. The molecule has 0 spiro atoms. The Kier molecular flexibility index (Phi) is 6.18. The number of nitrogens with one attached hydrogen (secondary N) is 1. The molecule has 3 rings (SSSR count). The van der Waals surface area contributed by atoms with Gasteiger partial charge in [0.1, 0.15) is 0 Å². The highest BCUT2D eigenvalue weighted by atomic mass is 35.5. The number of amides is 2. The highest BCUT2D eigenvalue weighted by Crippen LogP contribution is 2.29. The molecule has 9 nitrogen and oxygen atoms in total. The van der Waals surface area contributed by atoms with Gasteiger partial charge in [-0.25, -0.2) is 26.3 Å². The topological polar surface area (TPSA) is 144 Å². The maximum Gasteiger partial charge on any atom is 0.252 e. The molecule has 0 bridgehead atoms. The SMILES string of the molecule is NS(=O)(=O)c1ccc(CCNC(=O)c2cc(N3C(=O)CCS3(=O)=O)ccc2Cl)cc1. The molecule has 1 aliphatic rings. The van der Waals surface area contributed by atoms with Crippen LogP contribution in [0.15, 0.2) is 47.4 Å². The molecular formula is C18H18ClN3O6S2. The van der Waals surface area contributed by atoms with Gasteiger partial charge in [-0.05, 0) is 42.3 Å². The molecule has 0 atom stereocenters. The second kappa shape index (κ2) is 8.34. The Morgan fingerprint density at radius 2 is 1.83 bits per heavy atom. The van der Waals surface area contributed by atoms with E-state index in [1.807, 2.05) is 0 Å². The molecule has 1 fully saturated rings. The Labute approximate surface area is 178 Å². The van der Waals surface area contributed by atoms with Gasteiger partial charge in [0.2, 0.25) is 26.0 Å². The van der Waals surface area contributed by atoms with E-state index in [0.717, 1.165) is 5.56 Å². The van der Waals surface area contributed by atoms with E-state index in [2.05, 4.69) is 5.32 Å². The molecule has 1 saturated heterocycles. The van der Waals surface area contributed by atoms with Crippen molar-refractivity contribution in [3.05, 3.63) is 58.6 Å². The fourth-order valence-corrected chi connectivity index (χ4v) is 5.11. The first-order valence-electron chi connectivity index (χ1n) is 8.74. The third-order valence-corrected chi connectivity index (χ3v) is 7.41. The number of halogens is 1. The summed E-state index contributed by atoms with van der Waals surface area (Å²) in [6, 6.07) is 9.92. The molecule has 160 valence electrons. The van der Waals surface area contributed by atoms with Crippen LogP contribution in [0.25, 0.3) is 0 Å². The minimum Gasteiger partial charge on any atom is -0.352 e. The van der Waals surface area contributed by atoms with Crippen LogP contribution >= 0.6 is 11.6 Å². The van der Waals surface area contributed by atoms with E-state index in [0.29, 0.717) is 10.7 Å². The summed E-state index contributed by atoms with van der Waals surface area (Å²) in [4.78, 5) is 24.4. The van der Waals surface area contributed by atoms with E-state index in [4.69, 9.17) is 16.7 Å². The molecule has 30 heavy (non-hydrogen) atoms. The average molecular weight is 472 g/mol. The molecule has 0 aliphatic carbocycles. The lowest BCUT2D eigenvalue weighted by Crippen LogP contribution is -2.30. The highest BCUT2D eigenvalue weighted by Gasteiger charge is 2.36. The summed E-state index contributed by atoms with van der Waals surface area (Å²) in [5.74, 6) is -1.38. The van der Waals surface area contributed by atoms with Crippen LogP contribution < -0.4 is 14.8 Å². The number of anilines is 1. The molecule has 1 heterocycles. The van der Waals surface area contributed by atoms with E-state index < -0.39 is 31.9 Å². The van der Waals surface area contributed by atoms with Gasteiger partial charge < -0.3 is 5.32 Å². The largest absolute Gasteiger partial charge is 0.352 e. The van der Waals surface area contributed by atoms with Crippen molar-refractivity contribution in [2.24, 2.45) is 5.14 Å². The lowest BCUT2D eigenvalue weighted by molar-refractivity contribution is -0.116. The zero-order valence-corrected chi connectivity index (χ0v) is 17.9. The van der Waals surface area contributed by atoms with Crippen LogP contribution in [0.4, 0.5) is 5.69 Å². The van der Waals surface area contributed by atoms with Gasteiger partial charge in [-0.3, -0.25) is 9.59 Å². The first-order valence-corrected chi connectivity index (χ1v) is 12.3. The fraction of sp³-hybridized carbons (Fsp3) is 0.222. The van der Waals surface area contributed by atoms with Gasteiger partial charge in [0.15, 0.2) is 0 Å². The van der Waals surface area contributed by atoms with Crippen LogP contribution in [0.3, 0.4) is 0 Å². The van der Waals surface area contributed by atoms with Crippen LogP contribution in [-0.4, -0.2) is 40.9 Å². The number of primary sulfonamides is 1. The van der Waals surface area contributed by atoms with Gasteiger partial charge in [-0.2, -0.15) is 0 Å². The fourth-order valence-electron chi connectivity index (χ4n) is 2.94. The molecule has 0 saturated carbocycles. The summed E-state index contributed by atoms with van der Waals surface area (Å²) in [6.07, 6.45) is 0.295. The molecule has 0 unspecified atom stereocenters. The van der Waals surface area contributed by atoms with Gasteiger partial charge in [0, 0.05) is 13.0 Å². The van der Waals surface area contributed by atoms with E-state index in [9.17, 15) is 26.4 Å². The van der Waals surface area contributed by atoms with Crippen LogP contribution in [0.5, 0.6) is 0 Å². The molecule has 2 aromatic carbocycles. The average Bonchev–Trinajstić information content (AvgIpc) is 2.94. The van der Waals surface area contributed by atoms with Gasteiger partial charge in [0.25, 0.3) is 5.91 Å². The van der Waals surface area contributed by atoms with Crippen molar-refractivity contribution in [2.45, 2.75) is 17.7 Å². The van der Waals surface area contributed by atoms with Gasteiger partial charge in [-0.1, -0.05) is 23.7 Å². The number of sulfonamides is 2. The van der Waals surface area contributed by atoms with E-state index in [-0.39, 0.29) is 39.9 Å². The standard InChI is InChI=1S/C18H18ClN3O6S2/c19-16-6-3-13(22-17(23)8-10-29(22,25)26)11-15(16)18(24)21-9-7-12-1-4-14(5-2-12)30(20,27)28/h1-6,11H,7-10H2,(H,21,24)(H2,20,27,28). The van der Waals surface area contributed by atoms with E-state index in [1.54, 1.807) is 12.1 Å². The Bertz CT molecular complexity index is 1210. The van der Waals surface area contributed by atoms with Crippen molar-refractivity contribution >= 4 is 49.1 Å². The van der Waals surface area contributed by atoms with Crippen molar-refractivity contribution in [3.63, 3.8) is 0 Å². The zero-order chi connectivity index (χ0) is 22.1. The molecule has 2 amide bonds. The number of hydrogen-bond donors (Lipinski definition) is 2. The van der Waals surface area contributed by atoms with Gasteiger partial charge in [-0.15, -0.1) is 0 Å². The Morgan fingerprint density at radius 1 is 1.17 bits per heavy atom. The third kappa shape index (κ3) is 4.81. The van der Waals surface area contributed by atoms with Crippen molar-refractivity contribution in [1.29, 1.82) is 0 Å². The first kappa shape index (κ1) is 22.2. The minimum atomic E-state index is -3.77. The Balaban J connectivity index is 1.69. The molecule has 2 aromatic rings. The predicted octanol–water partition coefficient (Wildman–Crippen LogP) is 1.03. The van der Waals surface area contributed by atoms with Gasteiger partial charge >= 0.3 is 0 Å². The van der Waals surface area contributed by atoms with Crippen LogP contribution in [0.1, 0.15) is 22.3 Å². The summed E-state index contributed by atoms with van der Waals surface area (Å²) < 4.78 is 47.4. The van der Waals surface area contributed by atoms with Crippen molar-refractivity contribution in [2.75, 3.05) is 16.6 Å². The minimum absolute atomic E-state index is 0.00899. The maximum absolute atomic E-state index is 12.5. The maximum atomic E-state index is 12.5. The molecule has 1 aliphatic heterocycles. The number of benzene rings is 2. The number of nitrogens with zero attached hydrogens (tertiary/aromatic N) is 1. The lowest BCUT2D eigenvalue weighted by Gasteiger charge is -2.16. The van der Waals surface area contributed by atoms with Crippen molar-refractivity contribution in [1.82, 2.24) is 5.32 Å². The van der Waals surface area contributed by atoms with Crippen LogP contribution in [-0.2, 0) is 31.3 Å².